The van der Waals surface area contributed by atoms with Gasteiger partial charge in [0.2, 0.25) is 0 Å². The van der Waals surface area contributed by atoms with Crippen molar-refractivity contribution in [3.05, 3.63) is 41.3 Å². The lowest BCUT2D eigenvalue weighted by atomic mass is 10.1. The van der Waals surface area contributed by atoms with E-state index in [1.54, 1.807) is 6.07 Å². The van der Waals surface area contributed by atoms with Crippen LogP contribution in [0, 0.1) is 17.1 Å². The van der Waals surface area contributed by atoms with E-state index in [2.05, 4.69) is 5.10 Å². The summed E-state index contributed by atoms with van der Waals surface area (Å²) in [6.45, 7) is 0.233. The van der Waals surface area contributed by atoms with E-state index in [4.69, 9.17) is 16.7 Å². The van der Waals surface area contributed by atoms with Crippen molar-refractivity contribution in [2.24, 2.45) is 5.73 Å². The van der Waals surface area contributed by atoms with E-state index in [1.165, 1.54) is 23.0 Å². The third kappa shape index (κ3) is 1.84. The molecule has 0 aliphatic carbocycles. The summed E-state index contributed by atoms with van der Waals surface area (Å²) in [6.07, 6.45) is 1.33. The molecule has 0 amide bonds. The largest absolute Gasteiger partial charge is 0.382 e. The molecule has 0 bridgehead atoms. The van der Waals surface area contributed by atoms with Crippen LogP contribution in [0.25, 0.3) is 5.69 Å². The molecule has 0 fully saturated rings. The molecule has 1 heterocycles. The average molecular weight is 231 g/mol. The van der Waals surface area contributed by atoms with Gasteiger partial charge in [-0.15, -0.1) is 0 Å². The molecule has 2 aromatic rings. The maximum absolute atomic E-state index is 13.2. The summed E-state index contributed by atoms with van der Waals surface area (Å²) in [5, 5.41) is 12.7. The van der Waals surface area contributed by atoms with Crippen LogP contribution in [-0.4, -0.2) is 9.78 Å². The fraction of sp³-hybridized carbons (Fsp3) is 0.0909. The zero-order chi connectivity index (χ0) is 12.4. The summed E-state index contributed by atoms with van der Waals surface area (Å²) in [5.74, 6) is -0.238. The Labute approximate surface area is 97.1 Å². The molecule has 0 saturated heterocycles. The number of halogens is 1. The average Bonchev–Trinajstić information content (AvgIpc) is 2.70. The van der Waals surface area contributed by atoms with Crippen LogP contribution in [0.1, 0.15) is 11.1 Å². The lowest BCUT2D eigenvalue weighted by Gasteiger charge is -2.09. The topological polar surface area (TPSA) is 93.6 Å². The van der Waals surface area contributed by atoms with Crippen molar-refractivity contribution >= 4 is 5.82 Å². The van der Waals surface area contributed by atoms with Crippen molar-refractivity contribution in [3.8, 4) is 11.8 Å². The molecule has 0 spiro atoms. The molecule has 1 aromatic heterocycles. The Morgan fingerprint density at radius 3 is 2.82 bits per heavy atom. The quantitative estimate of drug-likeness (QED) is 0.803. The highest BCUT2D eigenvalue weighted by Gasteiger charge is 2.12. The first-order chi connectivity index (χ1) is 8.17. The van der Waals surface area contributed by atoms with E-state index in [9.17, 15) is 4.39 Å². The number of aromatic nitrogens is 2. The second-order valence-corrected chi connectivity index (χ2v) is 3.44. The monoisotopic (exact) mass is 231 g/mol. The molecule has 0 aliphatic rings. The Hall–Kier alpha value is -2.39. The van der Waals surface area contributed by atoms with Crippen LogP contribution in [0.3, 0.4) is 0 Å². The van der Waals surface area contributed by atoms with E-state index in [-0.39, 0.29) is 17.9 Å². The molecule has 1 aromatic carbocycles. The van der Waals surface area contributed by atoms with Crippen molar-refractivity contribution in [2.75, 3.05) is 5.73 Å². The van der Waals surface area contributed by atoms with Gasteiger partial charge in [0.15, 0.2) is 0 Å². The Balaban J connectivity index is 2.63. The van der Waals surface area contributed by atoms with E-state index < -0.39 is 5.82 Å². The number of rotatable bonds is 2. The van der Waals surface area contributed by atoms with Crippen LogP contribution >= 0.6 is 0 Å². The van der Waals surface area contributed by atoms with Crippen molar-refractivity contribution in [3.63, 3.8) is 0 Å². The van der Waals surface area contributed by atoms with Gasteiger partial charge in [0.05, 0.1) is 11.9 Å². The summed E-state index contributed by atoms with van der Waals surface area (Å²) >= 11 is 0. The lowest BCUT2D eigenvalue weighted by Crippen LogP contribution is -2.08. The molecule has 0 aliphatic heterocycles. The van der Waals surface area contributed by atoms with Crippen molar-refractivity contribution in [2.45, 2.75) is 6.54 Å². The van der Waals surface area contributed by atoms with Crippen molar-refractivity contribution in [1.29, 1.82) is 5.26 Å². The molecular weight excluding hydrogens is 221 g/mol. The summed E-state index contributed by atoms with van der Waals surface area (Å²) < 4.78 is 14.5. The predicted octanol–water partition coefficient (Wildman–Crippen LogP) is 0.924. The third-order valence-electron chi connectivity index (χ3n) is 2.42. The van der Waals surface area contributed by atoms with Gasteiger partial charge in [-0.1, -0.05) is 6.07 Å². The van der Waals surface area contributed by atoms with Gasteiger partial charge < -0.3 is 11.5 Å². The standard InChI is InChI=1S/C11H10FN5/c12-9-2-1-7(4-13)10(3-9)17-11(15)8(5-14)6-16-17/h1-3,6H,4,13,15H2. The van der Waals surface area contributed by atoms with Crippen LogP contribution in [0.2, 0.25) is 0 Å². The van der Waals surface area contributed by atoms with Crippen LogP contribution in [-0.2, 0) is 6.54 Å². The summed E-state index contributed by atoms with van der Waals surface area (Å²) in [7, 11) is 0. The number of anilines is 1. The number of hydrogen-bond donors (Lipinski definition) is 2. The first-order valence-corrected chi connectivity index (χ1v) is 4.90. The van der Waals surface area contributed by atoms with Crippen LogP contribution in [0.4, 0.5) is 10.2 Å². The Kier molecular flexibility index (Phi) is 2.77. The predicted molar refractivity (Wildman–Crippen MR) is 60.5 cm³/mol. The molecule has 2 rings (SSSR count). The van der Waals surface area contributed by atoms with Crippen molar-refractivity contribution < 1.29 is 4.39 Å². The molecule has 0 saturated carbocycles. The van der Waals surface area contributed by atoms with Crippen molar-refractivity contribution in [1.82, 2.24) is 9.78 Å². The second-order valence-electron chi connectivity index (χ2n) is 3.44. The smallest absolute Gasteiger partial charge is 0.145 e. The highest BCUT2D eigenvalue weighted by Crippen LogP contribution is 2.20. The SMILES string of the molecule is N#Cc1cnn(-c2cc(F)ccc2CN)c1N. The van der Waals surface area contributed by atoms with Crippen LogP contribution in [0.5, 0.6) is 0 Å². The number of nitrogens with two attached hydrogens (primary N) is 2. The Morgan fingerprint density at radius 2 is 2.24 bits per heavy atom. The molecule has 0 radical (unpaired) electrons. The van der Waals surface area contributed by atoms with Crippen LogP contribution in [0.15, 0.2) is 24.4 Å². The maximum Gasteiger partial charge on any atom is 0.145 e. The van der Waals surface area contributed by atoms with E-state index in [0.29, 0.717) is 11.3 Å². The summed E-state index contributed by atoms with van der Waals surface area (Å²) in [4.78, 5) is 0. The van der Waals surface area contributed by atoms with Gasteiger partial charge in [-0.25, -0.2) is 9.07 Å². The van der Waals surface area contributed by atoms with E-state index >= 15 is 0 Å². The Bertz CT molecular complexity index is 596. The fourth-order valence-corrected chi connectivity index (χ4v) is 1.54. The Morgan fingerprint density at radius 1 is 1.47 bits per heavy atom. The molecule has 17 heavy (non-hydrogen) atoms. The number of hydrogen-bond acceptors (Lipinski definition) is 4. The molecule has 5 nitrogen and oxygen atoms in total. The van der Waals surface area contributed by atoms with Gasteiger partial charge in [0.25, 0.3) is 0 Å². The van der Waals surface area contributed by atoms with E-state index in [0.717, 1.165) is 0 Å². The van der Waals surface area contributed by atoms with Gasteiger partial charge in [0, 0.05) is 6.54 Å². The third-order valence-corrected chi connectivity index (χ3v) is 2.42. The minimum absolute atomic E-state index is 0.174. The highest BCUT2D eigenvalue weighted by atomic mass is 19.1. The van der Waals surface area contributed by atoms with Crippen LogP contribution < -0.4 is 11.5 Å². The normalized spacial score (nSPS) is 10.2. The highest BCUT2D eigenvalue weighted by molar-refractivity contribution is 5.54. The maximum atomic E-state index is 13.2. The lowest BCUT2D eigenvalue weighted by molar-refractivity contribution is 0.624. The minimum Gasteiger partial charge on any atom is -0.382 e. The molecule has 4 N–H and O–H groups in total. The molecule has 6 heteroatoms. The first-order valence-electron chi connectivity index (χ1n) is 4.90. The molecule has 0 atom stereocenters. The van der Waals surface area contributed by atoms with Gasteiger partial charge in [-0.3, -0.25) is 0 Å². The number of nitrogen functional groups attached to an aromatic ring is 1. The number of nitrogens with zero attached hydrogens (tertiary/aromatic N) is 3. The second kappa shape index (κ2) is 4.23. The zero-order valence-electron chi connectivity index (χ0n) is 8.89. The zero-order valence-corrected chi connectivity index (χ0v) is 8.89. The fourth-order valence-electron chi connectivity index (χ4n) is 1.54. The van der Waals surface area contributed by atoms with Gasteiger partial charge >= 0.3 is 0 Å². The summed E-state index contributed by atoms with van der Waals surface area (Å²) in [6, 6.07) is 6.07. The number of nitriles is 1. The molecule has 0 unspecified atom stereocenters. The van der Waals surface area contributed by atoms with Gasteiger partial charge in [-0.2, -0.15) is 10.4 Å². The van der Waals surface area contributed by atoms with Gasteiger partial charge in [-0.05, 0) is 17.7 Å². The molecule has 86 valence electrons. The molecular formula is C11H10FN5. The van der Waals surface area contributed by atoms with E-state index in [1.807, 2.05) is 6.07 Å². The number of benzene rings is 1. The minimum atomic E-state index is -0.411. The van der Waals surface area contributed by atoms with Gasteiger partial charge in [0.1, 0.15) is 23.3 Å². The first kappa shape index (κ1) is 11.1. The summed E-state index contributed by atoms with van der Waals surface area (Å²) in [5.41, 5.74) is 12.7.